The van der Waals surface area contributed by atoms with Gasteiger partial charge < -0.3 is 5.11 Å². The van der Waals surface area contributed by atoms with Gasteiger partial charge in [0.1, 0.15) is 0 Å². The molecule has 0 heterocycles. The summed E-state index contributed by atoms with van der Waals surface area (Å²) in [5, 5.41) is 12.9. The number of hydrogen-bond acceptors (Lipinski definition) is 1. The van der Waals surface area contributed by atoms with Crippen LogP contribution < -0.4 is 0 Å². The predicted molar refractivity (Wildman–Crippen MR) is 79.8 cm³/mol. The highest BCUT2D eigenvalue weighted by Gasteiger charge is 2.12. The number of rotatable bonds is 1. The van der Waals surface area contributed by atoms with Crippen molar-refractivity contribution < 1.29 is 9.90 Å². The van der Waals surface area contributed by atoms with E-state index in [0.29, 0.717) is 5.56 Å². The zero-order chi connectivity index (χ0) is 13.8. The lowest BCUT2D eigenvalue weighted by atomic mass is 9.97. The van der Waals surface area contributed by atoms with E-state index >= 15 is 0 Å². The highest BCUT2D eigenvalue weighted by atomic mass is 16.4. The summed E-state index contributed by atoms with van der Waals surface area (Å²) in [7, 11) is 0. The van der Waals surface area contributed by atoms with E-state index in [0.717, 1.165) is 21.5 Å². The molecule has 2 nitrogen and oxygen atoms in total. The minimum absolute atomic E-state index is 0.388. The lowest BCUT2D eigenvalue weighted by Gasteiger charge is -2.07. The largest absolute Gasteiger partial charge is 0.478 e. The first-order valence-electron chi connectivity index (χ1n) is 6.41. The van der Waals surface area contributed by atoms with E-state index in [1.807, 2.05) is 68.4 Å². The van der Waals surface area contributed by atoms with E-state index in [-0.39, 0.29) is 0 Å². The molecule has 0 radical (unpaired) electrons. The Hall–Kier alpha value is -2.35. The Bertz CT molecular complexity index is 675. The summed E-state index contributed by atoms with van der Waals surface area (Å²) in [6.45, 7) is 4.00. The van der Waals surface area contributed by atoms with Crippen LogP contribution in [0, 0.1) is 0 Å². The Balaban J connectivity index is 0.000000637. The number of carboxylic acid groups (broad SMARTS) is 1. The number of aromatic carboxylic acids is 1. The van der Waals surface area contributed by atoms with Crippen molar-refractivity contribution in [3.63, 3.8) is 0 Å². The molecule has 0 aliphatic heterocycles. The molecular weight excluding hydrogens is 236 g/mol. The van der Waals surface area contributed by atoms with Crippen LogP contribution >= 0.6 is 0 Å². The quantitative estimate of drug-likeness (QED) is 0.636. The molecule has 0 bridgehead atoms. The maximum absolute atomic E-state index is 11.4. The van der Waals surface area contributed by atoms with Crippen LogP contribution in [-0.2, 0) is 0 Å². The fourth-order valence-corrected chi connectivity index (χ4v) is 2.24. The van der Waals surface area contributed by atoms with Crippen molar-refractivity contribution in [2.75, 3.05) is 0 Å². The minimum Gasteiger partial charge on any atom is -0.478 e. The van der Waals surface area contributed by atoms with E-state index in [1.54, 1.807) is 0 Å². The van der Waals surface area contributed by atoms with Gasteiger partial charge in [0.25, 0.3) is 0 Å². The average Bonchev–Trinajstić information content (AvgIpc) is 2.46. The molecule has 0 atom stereocenters. The molecule has 0 fully saturated rings. The standard InChI is InChI=1S/C15H10O2.C2H6/c16-15(17)14-12-7-3-1-5-10(12)9-11-6-2-4-8-13(11)14;1-2/h1-9H,(H,16,17);1-2H3. The summed E-state index contributed by atoms with van der Waals surface area (Å²) in [5.41, 5.74) is 0.388. The Morgan fingerprint density at radius 2 is 1.26 bits per heavy atom. The molecule has 0 saturated carbocycles. The summed E-state index contributed by atoms with van der Waals surface area (Å²) >= 11 is 0. The van der Waals surface area contributed by atoms with E-state index in [2.05, 4.69) is 0 Å². The first-order chi connectivity index (χ1) is 9.27. The molecule has 3 aromatic rings. The van der Waals surface area contributed by atoms with Crippen molar-refractivity contribution >= 4 is 27.5 Å². The first-order valence-corrected chi connectivity index (χ1v) is 6.41. The van der Waals surface area contributed by atoms with Crippen molar-refractivity contribution in [2.24, 2.45) is 0 Å². The predicted octanol–water partition coefficient (Wildman–Crippen LogP) is 4.72. The third-order valence-corrected chi connectivity index (χ3v) is 2.99. The normalized spacial score (nSPS) is 10.0. The Labute approximate surface area is 112 Å². The van der Waals surface area contributed by atoms with E-state index in [1.165, 1.54) is 0 Å². The average molecular weight is 252 g/mol. The topological polar surface area (TPSA) is 37.3 Å². The minimum atomic E-state index is -0.877. The van der Waals surface area contributed by atoms with Gasteiger partial charge in [-0.3, -0.25) is 0 Å². The second-order valence-electron chi connectivity index (χ2n) is 4.00. The van der Waals surface area contributed by atoms with Crippen LogP contribution in [0.3, 0.4) is 0 Å². The molecule has 3 aromatic carbocycles. The number of hydrogen-bond donors (Lipinski definition) is 1. The second-order valence-corrected chi connectivity index (χ2v) is 4.00. The zero-order valence-corrected chi connectivity index (χ0v) is 11.1. The third-order valence-electron chi connectivity index (χ3n) is 2.99. The van der Waals surface area contributed by atoms with Gasteiger partial charge >= 0.3 is 5.97 Å². The molecule has 0 unspecified atom stereocenters. The molecular formula is C17H16O2. The van der Waals surface area contributed by atoms with Crippen LogP contribution in [0.4, 0.5) is 0 Å². The molecule has 0 aliphatic carbocycles. The molecule has 3 rings (SSSR count). The summed E-state index contributed by atoms with van der Waals surface area (Å²) in [4.78, 5) is 11.4. The maximum Gasteiger partial charge on any atom is 0.336 e. The van der Waals surface area contributed by atoms with Gasteiger partial charge in [0.2, 0.25) is 0 Å². The molecule has 0 aromatic heterocycles. The Morgan fingerprint density at radius 1 is 0.842 bits per heavy atom. The fourth-order valence-electron chi connectivity index (χ4n) is 2.24. The van der Waals surface area contributed by atoms with Gasteiger partial charge in [0, 0.05) is 0 Å². The number of benzene rings is 3. The highest BCUT2D eigenvalue weighted by molar-refractivity contribution is 6.15. The van der Waals surface area contributed by atoms with Crippen molar-refractivity contribution in [3.8, 4) is 0 Å². The summed E-state index contributed by atoms with van der Waals surface area (Å²) in [6.07, 6.45) is 0. The van der Waals surface area contributed by atoms with Crippen LogP contribution in [0.5, 0.6) is 0 Å². The molecule has 1 N–H and O–H groups in total. The molecule has 0 aliphatic rings. The monoisotopic (exact) mass is 252 g/mol. The van der Waals surface area contributed by atoms with Crippen molar-refractivity contribution in [3.05, 3.63) is 60.2 Å². The maximum atomic E-state index is 11.4. The van der Waals surface area contributed by atoms with Gasteiger partial charge in [-0.1, -0.05) is 62.4 Å². The number of carboxylic acids is 1. The van der Waals surface area contributed by atoms with Gasteiger partial charge in [0.15, 0.2) is 0 Å². The van der Waals surface area contributed by atoms with E-state index in [4.69, 9.17) is 0 Å². The molecule has 0 saturated heterocycles. The van der Waals surface area contributed by atoms with Crippen molar-refractivity contribution in [2.45, 2.75) is 13.8 Å². The van der Waals surface area contributed by atoms with Gasteiger partial charge in [-0.05, 0) is 27.6 Å². The van der Waals surface area contributed by atoms with Gasteiger partial charge in [-0.15, -0.1) is 0 Å². The smallest absolute Gasteiger partial charge is 0.336 e. The van der Waals surface area contributed by atoms with Crippen molar-refractivity contribution in [1.82, 2.24) is 0 Å². The molecule has 96 valence electrons. The number of carbonyl (C=O) groups is 1. The zero-order valence-electron chi connectivity index (χ0n) is 11.1. The summed E-state index contributed by atoms with van der Waals surface area (Å²) in [6, 6.07) is 17.2. The van der Waals surface area contributed by atoms with Gasteiger partial charge in [-0.2, -0.15) is 0 Å². The SMILES string of the molecule is CC.O=C(O)c1c2ccccc2cc2ccccc12. The Kier molecular flexibility index (Phi) is 3.81. The summed E-state index contributed by atoms with van der Waals surface area (Å²) in [5.74, 6) is -0.877. The summed E-state index contributed by atoms with van der Waals surface area (Å²) < 4.78 is 0. The fraction of sp³-hybridized carbons (Fsp3) is 0.118. The van der Waals surface area contributed by atoms with Gasteiger partial charge in [-0.25, -0.2) is 4.79 Å². The van der Waals surface area contributed by atoms with Crippen LogP contribution in [0.2, 0.25) is 0 Å². The third kappa shape index (κ3) is 2.29. The van der Waals surface area contributed by atoms with Crippen LogP contribution in [0.15, 0.2) is 54.6 Å². The molecule has 0 amide bonds. The molecule has 0 spiro atoms. The highest BCUT2D eigenvalue weighted by Crippen LogP contribution is 2.28. The molecule has 2 heteroatoms. The lowest BCUT2D eigenvalue weighted by molar-refractivity contribution is 0.0701. The van der Waals surface area contributed by atoms with Crippen LogP contribution in [-0.4, -0.2) is 11.1 Å². The van der Waals surface area contributed by atoms with E-state index < -0.39 is 5.97 Å². The first kappa shape index (κ1) is 13.1. The van der Waals surface area contributed by atoms with Crippen LogP contribution in [0.25, 0.3) is 21.5 Å². The lowest BCUT2D eigenvalue weighted by Crippen LogP contribution is -1.99. The van der Waals surface area contributed by atoms with Crippen LogP contribution in [0.1, 0.15) is 24.2 Å². The number of fused-ring (bicyclic) bond motifs is 2. The second kappa shape index (κ2) is 5.53. The van der Waals surface area contributed by atoms with E-state index in [9.17, 15) is 9.90 Å². The van der Waals surface area contributed by atoms with Crippen molar-refractivity contribution in [1.29, 1.82) is 0 Å². The molecule has 19 heavy (non-hydrogen) atoms. The Morgan fingerprint density at radius 3 is 1.68 bits per heavy atom. The van der Waals surface area contributed by atoms with Gasteiger partial charge in [0.05, 0.1) is 5.56 Å².